The van der Waals surface area contributed by atoms with Gasteiger partial charge < -0.3 is 24.1 Å². The molecular formula is C22H22ClN3O5S. The first kappa shape index (κ1) is 21.2. The fourth-order valence-electron chi connectivity index (χ4n) is 4.50. The molecule has 2 aliphatic heterocycles. The number of hydrogen-bond acceptors (Lipinski definition) is 8. The Balaban J connectivity index is 1.42. The molecule has 0 fully saturated rings. The summed E-state index contributed by atoms with van der Waals surface area (Å²) < 4.78 is 18.8. The summed E-state index contributed by atoms with van der Waals surface area (Å²) in [7, 11) is 2.90. The van der Waals surface area contributed by atoms with Crippen molar-refractivity contribution in [3.05, 3.63) is 40.3 Å². The maximum atomic E-state index is 13.5. The largest absolute Gasteiger partial charge is 0.496 e. The number of methoxy groups -OCH3 is 2. The van der Waals surface area contributed by atoms with E-state index in [4.69, 9.17) is 25.8 Å². The Morgan fingerprint density at radius 3 is 2.81 bits per heavy atom. The first-order valence-corrected chi connectivity index (χ1v) is 11.6. The Morgan fingerprint density at radius 1 is 1.34 bits per heavy atom. The molecule has 1 N–H and O–H groups in total. The molecule has 2 aromatic rings. The summed E-state index contributed by atoms with van der Waals surface area (Å²) in [6, 6.07) is 1.53. The zero-order valence-corrected chi connectivity index (χ0v) is 19.4. The summed E-state index contributed by atoms with van der Waals surface area (Å²) in [6.45, 7) is 3.30. The second kappa shape index (κ2) is 7.74. The maximum Gasteiger partial charge on any atom is 0.236 e. The summed E-state index contributed by atoms with van der Waals surface area (Å²) >= 11 is 8.15. The van der Waals surface area contributed by atoms with Crippen molar-refractivity contribution >= 4 is 34.9 Å². The molecule has 32 heavy (non-hydrogen) atoms. The molecule has 1 spiro atoms. The Hall–Kier alpha value is -2.65. The molecule has 0 amide bonds. The lowest BCUT2D eigenvalue weighted by Gasteiger charge is -2.35. The maximum absolute atomic E-state index is 13.5. The number of allylic oxidation sites excluding steroid dienone is 1. The summed E-state index contributed by atoms with van der Waals surface area (Å²) in [6.07, 6.45) is 3.95. The van der Waals surface area contributed by atoms with Crippen molar-refractivity contribution in [3.8, 4) is 17.2 Å². The Kier molecular flexibility index (Phi) is 5.13. The van der Waals surface area contributed by atoms with Gasteiger partial charge in [-0.1, -0.05) is 30.3 Å². The third kappa shape index (κ3) is 3.02. The molecule has 1 aromatic carbocycles. The van der Waals surface area contributed by atoms with Gasteiger partial charge in [0, 0.05) is 42.3 Å². The molecule has 0 saturated carbocycles. The van der Waals surface area contributed by atoms with Crippen LogP contribution in [0.2, 0.25) is 5.02 Å². The van der Waals surface area contributed by atoms with Crippen LogP contribution < -0.4 is 19.5 Å². The molecule has 168 valence electrons. The van der Waals surface area contributed by atoms with Crippen LogP contribution in [0.25, 0.3) is 0 Å². The van der Waals surface area contributed by atoms with E-state index in [-0.39, 0.29) is 22.1 Å². The minimum absolute atomic E-state index is 0.128. The predicted molar refractivity (Wildman–Crippen MR) is 119 cm³/mol. The molecule has 8 nitrogen and oxygen atoms in total. The molecule has 0 unspecified atom stereocenters. The third-order valence-corrected chi connectivity index (χ3v) is 7.49. The molecule has 3 heterocycles. The summed E-state index contributed by atoms with van der Waals surface area (Å²) in [4.78, 5) is 31.4. The number of rotatable bonds is 5. The van der Waals surface area contributed by atoms with E-state index in [2.05, 4.69) is 14.9 Å². The van der Waals surface area contributed by atoms with Crippen LogP contribution in [0.5, 0.6) is 17.2 Å². The van der Waals surface area contributed by atoms with Crippen LogP contribution in [0.15, 0.2) is 29.2 Å². The highest BCUT2D eigenvalue weighted by Crippen LogP contribution is 2.52. The van der Waals surface area contributed by atoms with Gasteiger partial charge in [-0.05, 0) is 6.42 Å². The number of aryl methyl sites for hydroxylation is 1. The van der Waals surface area contributed by atoms with E-state index >= 15 is 0 Å². The second-order valence-electron chi connectivity index (χ2n) is 8.02. The lowest BCUT2D eigenvalue weighted by molar-refractivity contribution is -0.129. The van der Waals surface area contributed by atoms with Gasteiger partial charge in [-0.3, -0.25) is 9.59 Å². The molecule has 3 aliphatic rings. The summed E-state index contributed by atoms with van der Waals surface area (Å²) in [5, 5.41) is 4.47. The van der Waals surface area contributed by atoms with Gasteiger partial charge in [-0.15, -0.1) is 0 Å². The van der Waals surface area contributed by atoms with Crippen molar-refractivity contribution < 1.29 is 23.8 Å². The number of halogens is 1. The minimum atomic E-state index is -1.66. The fraction of sp³-hybridized carbons (Fsp3) is 0.409. The minimum Gasteiger partial charge on any atom is -0.496 e. The van der Waals surface area contributed by atoms with Gasteiger partial charge in [0.05, 0.1) is 26.5 Å². The number of nitrogens with one attached hydrogen (secondary N) is 1. The normalized spacial score (nSPS) is 23.6. The molecule has 5 rings (SSSR count). The number of benzene rings is 1. The first-order valence-electron chi connectivity index (χ1n) is 10.2. The molecule has 10 heteroatoms. The quantitative estimate of drug-likeness (QED) is 0.659. The predicted octanol–water partition coefficient (Wildman–Crippen LogP) is 3.26. The smallest absolute Gasteiger partial charge is 0.236 e. The lowest BCUT2D eigenvalue weighted by atomic mass is 9.74. The molecule has 1 aromatic heterocycles. The van der Waals surface area contributed by atoms with Crippen molar-refractivity contribution in [3.63, 3.8) is 0 Å². The number of carbonyl (C=O) groups is 2. The SMILES string of the molecule is COc1cc(OC)c2c(c1Cl)O[C@@]1(C(=O)C=C(NCc3cn4c(n3)SCC4)C[C@H]1C)C2=O. The highest BCUT2D eigenvalue weighted by molar-refractivity contribution is 7.99. The molecule has 0 saturated heterocycles. The van der Waals surface area contributed by atoms with E-state index in [1.165, 1.54) is 26.4 Å². The zero-order chi connectivity index (χ0) is 22.6. The topological polar surface area (TPSA) is 91.7 Å². The van der Waals surface area contributed by atoms with Gasteiger partial charge in [-0.25, -0.2) is 4.98 Å². The van der Waals surface area contributed by atoms with Crippen molar-refractivity contribution in [2.24, 2.45) is 5.92 Å². The van der Waals surface area contributed by atoms with E-state index in [0.717, 1.165) is 28.8 Å². The number of thioether (sulfide) groups is 1. The molecule has 0 radical (unpaired) electrons. The summed E-state index contributed by atoms with van der Waals surface area (Å²) in [5.41, 5.74) is 0.172. The second-order valence-corrected chi connectivity index (χ2v) is 9.46. The number of aromatic nitrogens is 2. The van der Waals surface area contributed by atoms with Crippen LogP contribution >= 0.6 is 23.4 Å². The van der Waals surface area contributed by atoms with Gasteiger partial charge in [0.2, 0.25) is 17.2 Å². The van der Waals surface area contributed by atoms with E-state index in [0.29, 0.717) is 18.7 Å². The standard InChI is InChI=1S/C22H22ClN3O5S/c1-11-6-12(24-9-13-10-26-4-5-32-21(26)25-13)7-16(27)22(11)20(28)17-14(29-2)8-15(30-3)18(23)19(17)31-22/h7-8,10-11,24H,4-6,9H2,1-3H3/t11-,22+/m1/s1. The van der Waals surface area contributed by atoms with Gasteiger partial charge in [0.25, 0.3) is 0 Å². The van der Waals surface area contributed by atoms with Crippen LogP contribution in [0.4, 0.5) is 0 Å². The van der Waals surface area contributed by atoms with E-state index < -0.39 is 23.1 Å². The summed E-state index contributed by atoms with van der Waals surface area (Å²) in [5.74, 6) is 0.475. The van der Waals surface area contributed by atoms with Crippen LogP contribution in [-0.4, -0.2) is 46.7 Å². The van der Waals surface area contributed by atoms with E-state index in [9.17, 15) is 9.59 Å². The lowest BCUT2D eigenvalue weighted by Crippen LogP contribution is -2.55. The van der Waals surface area contributed by atoms with Crippen LogP contribution in [0.1, 0.15) is 29.4 Å². The number of Topliss-reactive ketones (excluding diaryl/α,β-unsaturated/α-hetero) is 1. The zero-order valence-electron chi connectivity index (χ0n) is 17.9. The fourth-order valence-corrected chi connectivity index (χ4v) is 5.73. The number of imidazole rings is 1. The Labute approximate surface area is 194 Å². The highest BCUT2D eigenvalue weighted by atomic mass is 35.5. The molecular weight excluding hydrogens is 454 g/mol. The van der Waals surface area contributed by atoms with Crippen molar-refractivity contribution in [1.82, 2.24) is 14.9 Å². The van der Waals surface area contributed by atoms with Crippen LogP contribution in [0, 0.1) is 5.92 Å². The van der Waals surface area contributed by atoms with E-state index in [1.807, 2.05) is 13.1 Å². The molecule has 1 aliphatic carbocycles. The van der Waals surface area contributed by atoms with Crippen LogP contribution in [0.3, 0.4) is 0 Å². The highest BCUT2D eigenvalue weighted by Gasteiger charge is 2.60. The Morgan fingerprint density at radius 2 is 2.12 bits per heavy atom. The Bertz CT molecular complexity index is 1160. The number of ether oxygens (including phenoxy) is 3. The van der Waals surface area contributed by atoms with Crippen molar-refractivity contribution in [2.45, 2.75) is 37.2 Å². The number of nitrogens with zero attached hydrogens (tertiary/aromatic N) is 2. The number of carbonyl (C=O) groups excluding carboxylic acids is 2. The average Bonchev–Trinajstić information content (AvgIpc) is 3.44. The number of fused-ring (bicyclic) bond motifs is 2. The average molecular weight is 476 g/mol. The van der Waals surface area contributed by atoms with Gasteiger partial charge in [-0.2, -0.15) is 0 Å². The molecule has 0 bridgehead atoms. The van der Waals surface area contributed by atoms with Gasteiger partial charge >= 0.3 is 0 Å². The van der Waals surface area contributed by atoms with Crippen LogP contribution in [-0.2, 0) is 17.9 Å². The number of ketones is 2. The van der Waals surface area contributed by atoms with E-state index in [1.54, 1.807) is 11.8 Å². The molecule has 2 atom stereocenters. The monoisotopic (exact) mass is 475 g/mol. The third-order valence-electron chi connectivity index (χ3n) is 6.16. The van der Waals surface area contributed by atoms with Gasteiger partial charge in [0.1, 0.15) is 22.1 Å². The number of hydrogen-bond donors (Lipinski definition) is 1. The van der Waals surface area contributed by atoms with Crippen molar-refractivity contribution in [1.29, 1.82) is 0 Å². The van der Waals surface area contributed by atoms with Gasteiger partial charge in [0.15, 0.2) is 10.9 Å². The van der Waals surface area contributed by atoms with Crippen molar-refractivity contribution in [2.75, 3.05) is 20.0 Å². The first-order chi connectivity index (χ1) is 15.4.